The zero-order valence-electron chi connectivity index (χ0n) is 30.6. The maximum absolute atomic E-state index is 12.9. The molecule has 8 N–H and O–H groups in total. The third kappa shape index (κ3) is 12.6. The van der Waals surface area contributed by atoms with Crippen LogP contribution in [0.5, 0.6) is 11.5 Å². The van der Waals surface area contributed by atoms with Crippen molar-refractivity contribution in [1.82, 2.24) is 19.6 Å². The monoisotopic (exact) mass is 750 g/mol. The van der Waals surface area contributed by atoms with Gasteiger partial charge in [0.15, 0.2) is 0 Å². The summed E-state index contributed by atoms with van der Waals surface area (Å²) in [7, 11) is 0. The number of aliphatic carboxylic acids is 1. The maximum atomic E-state index is 12.9. The molecular weight excluding hydrogens is 703 g/mol. The number of piperazine rings is 1. The Labute approximate surface area is 337 Å². The minimum atomic E-state index is -1.17. The number of imide groups is 1. The summed E-state index contributed by atoms with van der Waals surface area (Å²) in [6.07, 6.45) is 13.0. The number of hydrogen-bond acceptors (Lipinski definition) is 11. The van der Waals surface area contributed by atoms with Gasteiger partial charge in [-0.2, -0.15) is 29.7 Å². The number of ether oxygens (including phenoxy) is 1. The minimum absolute atomic E-state index is 0. The Bertz CT molecular complexity index is 1760. The number of amides is 3. The van der Waals surface area contributed by atoms with Gasteiger partial charge in [-0.05, 0) is 37.7 Å². The molecule has 2 aliphatic heterocycles. The predicted octanol–water partition coefficient (Wildman–Crippen LogP) is -0.259. The van der Waals surface area contributed by atoms with Crippen LogP contribution >= 0.6 is 0 Å². The Kier molecular flexibility index (Phi) is 17.4. The Balaban J connectivity index is 0.000000291. The van der Waals surface area contributed by atoms with E-state index >= 15 is 0 Å². The number of piperidine rings is 1. The number of phenolic OH excluding ortho intramolecular Hbond substituents is 1. The van der Waals surface area contributed by atoms with E-state index in [2.05, 4.69) is 23.0 Å². The first-order chi connectivity index (χ1) is 25.5. The molecule has 3 aliphatic rings. The first-order valence-corrected chi connectivity index (χ1v) is 17.4. The van der Waals surface area contributed by atoms with E-state index in [1.165, 1.54) is 43.2 Å². The van der Waals surface area contributed by atoms with Gasteiger partial charge in [0, 0.05) is 42.6 Å². The van der Waals surface area contributed by atoms with Crippen LogP contribution < -0.4 is 56.4 Å². The Morgan fingerprint density at radius 2 is 1.76 bits per heavy atom. The van der Waals surface area contributed by atoms with E-state index in [0.717, 1.165) is 17.2 Å². The number of nitrogens with zero attached hydrogens (tertiary/aromatic N) is 5. The van der Waals surface area contributed by atoms with Crippen LogP contribution in [0.25, 0.3) is 11.4 Å². The molecule has 6 rings (SSSR count). The van der Waals surface area contributed by atoms with E-state index in [-0.39, 0.29) is 53.5 Å². The standard InChI is InChI=1S/C23H31N7O2.C8H8O.C7H8NO4.Na/c24-19(18-8-4-5-9-21(18)31)12-20(23(25)26)30-14-17(13-27-30)29-11-10-28(15-22(29)32)16-6-2-1-3-7-16;1-2-9-8-6-4-3-5-7-8;9-5-2-1-3-6(10)8(5)4-7(11)12;/h4-5,8-9,12-14,16,31H,1-3,6-7,10-11,15,24-26H2;3-6H,1-2H2;2H,1,3-4H2,(H,11,12);/q;-2;-1;+1/b19-12-;;;. The van der Waals surface area contributed by atoms with Gasteiger partial charge >= 0.3 is 35.5 Å². The zero-order valence-corrected chi connectivity index (χ0v) is 32.6. The van der Waals surface area contributed by atoms with Crippen LogP contribution in [0.3, 0.4) is 0 Å². The number of carboxylic acids is 1. The molecule has 54 heavy (non-hydrogen) atoms. The number of nitrogens with two attached hydrogens (primary N) is 3. The number of phenols is 1. The molecule has 3 aromatic rings. The summed E-state index contributed by atoms with van der Waals surface area (Å²) < 4.78 is 6.54. The van der Waals surface area contributed by atoms with E-state index < -0.39 is 24.3 Å². The Hall–Kier alpha value is -4.96. The van der Waals surface area contributed by atoms with Gasteiger partial charge in [-0.25, -0.2) is 4.68 Å². The molecule has 0 unspecified atom stereocenters. The second kappa shape index (κ2) is 21.7. The largest absolute Gasteiger partial charge is 1.00 e. The quantitative estimate of drug-likeness (QED) is 0.0827. The van der Waals surface area contributed by atoms with Gasteiger partial charge in [0.2, 0.25) is 11.8 Å². The Morgan fingerprint density at radius 3 is 2.37 bits per heavy atom. The van der Waals surface area contributed by atoms with Crippen molar-refractivity contribution < 1.29 is 63.7 Å². The van der Waals surface area contributed by atoms with Crippen molar-refractivity contribution in [3.05, 3.63) is 97.8 Å². The van der Waals surface area contributed by atoms with Crippen molar-refractivity contribution in [3.63, 3.8) is 0 Å². The summed E-state index contributed by atoms with van der Waals surface area (Å²) >= 11 is 0. The van der Waals surface area contributed by atoms with Crippen molar-refractivity contribution in [3.8, 4) is 11.5 Å². The van der Waals surface area contributed by atoms with E-state index in [9.17, 15) is 24.3 Å². The number of aromatic nitrogens is 2. The molecule has 1 aromatic heterocycles. The smallest absolute Gasteiger partial charge is 0.551 e. The first kappa shape index (κ1) is 43.4. The maximum Gasteiger partial charge on any atom is 1.00 e. The molecule has 15 nitrogen and oxygen atoms in total. The number of aromatic hydroxyl groups is 1. The fourth-order valence-electron chi connectivity index (χ4n) is 6.10. The number of likely N-dealkylation sites (tertiary alicyclic amines) is 1. The van der Waals surface area contributed by atoms with Crippen molar-refractivity contribution in [2.45, 2.75) is 51.0 Å². The molecule has 0 atom stereocenters. The number of anilines is 1. The van der Waals surface area contributed by atoms with Gasteiger partial charge in [-0.15, -0.1) is 12.1 Å². The summed E-state index contributed by atoms with van der Waals surface area (Å²) in [5.74, 6) is -1.19. The fraction of sp³-hybridized carbons (Fsp3) is 0.342. The van der Waals surface area contributed by atoms with Gasteiger partial charge in [-0.1, -0.05) is 31.4 Å². The van der Waals surface area contributed by atoms with Crippen LogP contribution in [0.1, 0.15) is 50.5 Å². The fourth-order valence-corrected chi connectivity index (χ4v) is 6.10. The molecule has 1 aliphatic carbocycles. The van der Waals surface area contributed by atoms with Crippen molar-refractivity contribution in [2.75, 3.05) is 37.7 Å². The predicted molar refractivity (Wildman–Crippen MR) is 199 cm³/mol. The molecule has 2 saturated heterocycles. The van der Waals surface area contributed by atoms with Crippen molar-refractivity contribution in [2.24, 2.45) is 17.2 Å². The van der Waals surface area contributed by atoms with Crippen LogP contribution in [-0.4, -0.2) is 92.3 Å². The van der Waals surface area contributed by atoms with E-state index in [1.54, 1.807) is 47.6 Å². The third-order valence-corrected chi connectivity index (χ3v) is 8.75. The minimum Gasteiger partial charge on any atom is -0.551 e. The van der Waals surface area contributed by atoms with Crippen LogP contribution in [-0.2, 0) is 19.2 Å². The summed E-state index contributed by atoms with van der Waals surface area (Å²) in [5.41, 5.74) is 19.8. The van der Waals surface area contributed by atoms with Crippen LogP contribution in [0, 0.1) is 19.4 Å². The molecule has 284 valence electrons. The number of carbonyl (C=O) groups is 4. The normalized spacial score (nSPS) is 16.5. The molecule has 3 heterocycles. The van der Waals surface area contributed by atoms with Gasteiger partial charge in [0.05, 0.1) is 30.5 Å². The van der Waals surface area contributed by atoms with E-state index in [1.807, 2.05) is 24.3 Å². The molecular formula is C38H47N8NaO7-2. The first-order valence-electron chi connectivity index (χ1n) is 17.4. The molecule has 0 bridgehead atoms. The summed E-state index contributed by atoms with van der Waals surface area (Å²) in [6, 6.07) is 17.6. The number of benzene rings is 2. The number of allylic oxidation sites excluding steroid dienone is 2. The van der Waals surface area contributed by atoms with Gasteiger partial charge in [-0.3, -0.25) is 24.2 Å². The van der Waals surface area contributed by atoms with Gasteiger partial charge in [0.1, 0.15) is 23.8 Å². The summed E-state index contributed by atoms with van der Waals surface area (Å²) in [6.45, 7) is 5.36. The van der Waals surface area contributed by atoms with Gasteiger partial charge in [0.25, 0.3) is 0 Å². The number of carbonyl (C=O) groups excluding carboxylic acids is 3. The van der Waals surface area contributed by atoms with Crippen LogP contribution in [0.15, 0.2) is 72.8 Å². The molecule has 3 amide bonds. The van der Waals surface area contributed by atoms with Crippen LogP contribution in [0.2, 0.25) is 0 Å². The van der Waals surface area contributed by atoms with Crippen molar-refractivity contribution in [1.29, 1.82) is 0 Å². The average Bonchev–Trinajstić information content (AvgIpc) is 3.63. The third-order valence-electron chi connectivity index (χ3n) is 8.75. The molecule has 0 radical (unpaired) electrons. The molecule has 16 heteroatoms. The molecule has 2 aromatic carbocycles. The summed E-state index contributed by atoms with van der Waals surface area (Å²) in [4.78, 5) is 49.8. The molecule has 1 saturated carbocycles. The second-order valence-corrected chi connectivity index (χ2v) is 12.4. The second-order valence-electron chi connectivity index (χ2n) is 12.4. The number of rotatable bonds is 9. The Morgan fingerprint density at radius 1 is 1.04 bits per heavy atom. The number of hydrogen-bond donors (Lipinski definition) is 5. The summed E-state index contributed by atoms with van der Waals surface area (Å²) in [5, 5.41) is 22.7. The SMILES string of the molecule is NC(N)=C(/C=C(\N)c1ccccc1O)n1cc(N2CCN(C3CCCCC3)CC2=O)cn1.O=C(O)CN1C(=O)[CH-]CCC1=O.[CH2-]COc1[c-]cccc1.[Na+]. The molecule has 3 fully saturated rings. The zero-order chi connectivity index (χ0) is 38.3. The topological polar surface area (TPSA) is 224 Å². The average molecular weight is 751 g/mol. The molecule has 0 spiro atoms. The number of carboxylic acid groups (broad SMARTS) is 1. The van der Waals surface area contributed by atoms with E-state index in [0.29, 0.717) is 54.8 Å². The number of para-hydroxylation sites is 2. The van der Waals surface area contributed by atoms with Crippen LogP contribution in [0.4, 0.5) is 5.69 Å². The van der Waals surface area contributed by atoms with Gasteiger partial charge < -0.3 is 55.2 Å². The van der Waals surface area contributed by atoms with E-state index in [4.69, 9.17) is 27.0 Å². The van der Waals surface area contributed by atoms with Crippen molar-refractivity contribution >= 4 is 40.8 Å².